The van der Waals surface area contributed by atoms with Crippen molar-refractivity contribution in [3.8, 4) is 0 Å². The molecule has 0 aromatic heterocycles. The number of ether oxygens (including phenoxy) is 2. The van der Waals surface area contributed by atoms with Gasteiger partial charge in [0.2, 0.25) is 0 Å². The minimum atomic E-state index is -0.552. The Labute approximate surface area is 127 Å². The number of benzene rings is 1. The third-order valence-corrected chi connectivity index (χ3v) is 4.58. The maximum Gasteiger partial charge on any atom is 0.508 e. The Bertz CT molecular complexity index is 486. The molecule has 20 heavy (non-hydrogen) atoms. The van der Waals surface area contributed by atoms with Crippen LogP contribution in [0, 0.1) is 5.92 Å². The average molecular weight is 340 g/mol. The Kier molecular flexibility index (Phi) is 4.27. The van der Waals surface area contributed by atoms with E-state index in [1.54, 1.807) is 0 Å². The standard InChI is InChI=1S/C15H18BrNO3/c16-13-3-1-2-11(8-13)10-19-15(18)20-14-9-17-6-4-12(14)5-7-17/h1-3,8,12,14H,4-7,9-10H2. The van der Waals surface area contributed by atoms with Gasteiger partial charge in [-0.2, -0.15) is 0 Å². The van der Waals surface area contributed by atoms with Crippen LogP contribution in [0.1, 0.15) is 18.4 Å². The van der Waals surface area contributed by atoms with Crippen molar-refractivity contribution >= 4 is 22.1 Å². The third kappa shape index (κ3) is 3.33. The number of rotatable bonds is 3. The van der Waals surface area contributed by atoms with Crippen molar-refractivity contribution in [2.24, 2.45) is 5.92 Å². The van der Waals surface area contributed by atoms with Gasteiger partial charge in [0, 0.05) is 11.0 Å². The Morgan fingerprint density at radius 3 is 2.80 bits per heavy atom. The number of halogens is 1. The van der Waals surface area contributed by atoms with Gasteiger partial charge in [0.05, 0.1) is 0 Å². The predicted molar refractivity (Wildman–Crippen MR) is 78.4 cm³/mol. The Morgan fingerprint density at radius 1 is 1.35 bits per heavy atom. The number of nitrogens with zero attached hydrogens (tertiary/aromatic N) is 1. The fraction of sp³-hybridized carbons (Fsp3) is 0.533. The van der Waals surface area contributed by atoms with Crippen molar-refractivity contribution in [3.05, 3.63) is 34.3 Å². The van der Waals surface area contributed by atoms with E-state index in [1.165, 1.54) is 0 Å². The monoisotopic (exact) mass is 339 g/mol. The zero-order valence-corrected chi connectivity index (χ0v) is 12.8. The van der Waals surface area contributed by atoms with Crippen LogP contribution >= 0.6 is 15.9 Å². The quantitative estimate of drug-likeness (QED) is 0.792. The molecule has 0 spiro atoms. The maximum absolute atomic E-state index is 11.8. The van der Waals surface area contributed by atoms with Gasteiger partial charge < -0.3 is 9.47 Å². The fourth-order valence-electron chi connectivity index (χ4n) is 2.97. The Morgan fingerprint density at radius 2 is 2.15 bits per heavy atom. The van der Waals surface area contributed by atoms with Crippen molar-refractivity contribution < 1.29 is 14.3 Å². The lowest BCUT2D eigenvalue weighted by Crippen LogP contribution is -2.51. The number of hydrogen-bond acceptors (Lipinski definition) is 4. The molecule has 0 amide bonds. The van der Waals surface area contributed by atoms with Gasteiger partial charge in [-0.3, -0.25) is 4.90 Å². The number of piperidine rings is 3. The SMILES string of the molecule is O=C(OCc1cccc(Br)c1)OC1CN2CCC1CC2. The average Bonchev–Trinajstić information content (AvgIpc) is 2.46. The second-order valence-electron chi connectivity index (χ2n) is 5.46. The van der Waals surface area contributed by atoms with Gasteiger partial charge in [0.15, 0.2) is 0 Å². The summed E-state index contributed by atoms with van der Waals surface area (Å²) in [5.41, 5.74) is 0.949. The molecule has 1 atom stereocenters. The lowest BCUT2D eigenvalue weighted by atomic mass is 9.86. The van der Waals surface area contributed by atoms with Gasteiger partial charge in [-0.15, -0.1) is 0 Å². The molecule has 0 radical (unpaired) electrons. The van der Waals surface area contributed by atoms with Gasteiger partial charge in [-0.1, -0.05) is 28.1 Å². The van der Waals surface area contributed by atoms with Crippen LogP contribution in [-0.4, -0.2) is 36.8 Å². The summed E-state index contributed by atoms with van der Waals surface area (Å²) in [4.78, 5) is 14.1. The summed E-state index contributed by atoms with van der Waals surface area (Å²) in [6, 6.07) is 7.71. The van der Waals surface area contributed by atoms with Crippen molar-refractivity contribution in [2.45, 2.75) is 25.6 Å². The second-order valence-corrected chi connectivity index (χ2v) is 6.38. The topological polar surface area (TPSA) is 38.8 Å². The lowest BCUT2D eigenvalue weighted by Gasteiger charge is -2.43. The van der Waals surface area contributed by atoms with E-state index in [0.717, 1.165) is 42.5 Å². The smallest absolute Gasteiger partial charge is 0.429 e. The molecule has 3 fully saturated rings. The molecule has 0 N–H and O–H groups in total. The van der Waals surface area contributed by atoms with E-state index < -0.39 is 6.16 Å². The number of carbonyl (C=O) groups excluding carboxylic acids is 1. The highest BCUT2D eigenvalue weighted by molar-refractivity contribution is 9.10. The van der Waals surface area contributed by atoms with E-state index >= 15 is 0 Å². The Hall–Kier alpha value is -1.07. The summed E-state index contributed by atoms with van der Waals surface area (Å²) in [6.45, 7) is 3.38. The molecule has 108 valence electrons. The molecule has 3 saturated heterocycles. The van der Waals surface area contributed by atoms with Crippen LogP contribution < -0.4 is 0 Å². The molecular formula is C15H18BrNO3. The minimum absolute atomic E-state index is 0.00695. The summed E-state index contributed by atoms with van der Waals surface area (Å²) in [5, 5.41) is 0. The van der Waals surface area contributed by atoms with Gasteiger partial charge in [0.1, 0.15) is 12.7 Å². The molecule has 3 aliphatic heterocycles. The van der Waals surface area contributed by atoms with E-state index in [-0.39, 0.29) is 12.7 Å². The van der Waals surface area contributed by atoms with Crippen LogP contribution in [0.4, 0.5) is 4.79 Å². The zero-order valence-electron chi connectivity index (χ0n) is 11.3. The highest BCUT2D eigenvalue weighted by Gasteiger charge is 2.36. The van der Waals surface area contributed by atoms with Crippen molar-refractivity contribution in [1.82, 2.24) is 4.90 Å². The highest BCUT2D eigenvalue weighted by atomic mass is 79.9. The lowest BCUT2D eigenvalue weighted by molar-refractivity contribution is -0.0599. The highest BCUT2D eigenvalue weighted by Crippen LogP contribution is 2.29. The first-order valence-electron chi connectivity index (χ1n) is 7.01. The number of hydrogen-bond donors (Lipinski definition) is 0. The molecule has 4 nitrogen and oxygen atoms in total. The normalized spacial score (nSPS) is 28.1. The number of carbonyl (C=O) groups is 1. The van der Waals surface area contributed by atoms with Gasteiger partial charge in [0.25, 0.3) is 0 Å². The molecule has 1 unspecified atom stereocenters. The van der Waals surface area contributed by atoms with E-state index in [0.29, 0.717) is 5.92 Å². The molecule has 0 saturated carbocycles. The van der Waals surface area contributed by atoms with E-state index in [9.17, 15) is 4.79 Å². The third-order valence-electron chi connectivity index (χ3n) is 4.09. The second kappa shape index (κ2) is 6.14. The van der Waals surface area contributed by atoms with Crippen LogP contribution in [0.25, 0.3) is 0 Å². The van der Waals surface area contributed by atoms with Crippen molar-refractivity contribution in [3.63, 3.8) is 0 Å². The summed E-state index contributed by atoms with van der Waals surface area (Å²) in [7, 11) is 0. The minimum Gasteiger partial charge on any atom is -0.429 e. The molecule has 3 heterocycles. The van der Waals surface area contributed by atoms with E-state index in [1.807, 2.05) is 24.3 Å². The van der Waals surface area contributed by atoms with Crippen LogP contribution in [0.5, 0.6) is 0 Å². The molecule has 2 bridgehead atoms. The van der Waals surface area contributed by atoms with Crippen LogP contribution in [0.2, 0.25) is 0 Å². The molecule has 5 heteroatoms. The Balaban J connectivity index is 1.48. The number of fused-ring (bicyclic) bond motifs is 3. The molecule has 3 aliphatic rings. The molecule has 4 rings (SSSR count). The van der Waals surface area contributed by atoms with Gasteiger partial charge in [-0.05, 0) is 49.5 Å². The largest absolute Gasteiger partial charge is 0.508 e. The van der Waals surface area contributed by atoms with E-state index in [2.05, 4.69) is 20.8 Å². The molecular weight excluding hydrogens is 322 g/mol. The fourth-order valence-corrected chi connectivity index (χ4v) is 3.42. The summed E-state index contributed by atoms with van der Waals surface area (Å²) in [5.74, 6) is 0.512. The van der Waals surface area contributed by atoms with Crippen LogP contribution in [0.15, 0.2) is 28.7 Å². The predicted octanol–water partition coefficient (Wildman–Crippen LogP) is 3.20. The first-order chi connectivity index (χ1) is 9.70. The van der Waals surface area contributed by atoms with Crippen LogP contribution in [0.3, 0.4) is 0 Å². The van der Waals surface area contributed by atoms with E-state index in [4.69, 9.17) is 9.47 Å². The summed E-state index contributed by atoms with van der Waals surface area (Å²) in [6.07, 6.45) is 1.71. The van der Waals surface area contributed by atoms with Crippen molar-refractivity contribution in [1.29, 1.82) is 0 Å². The zero-order chi connectivity index (χ0) is 13.9. The van der Waals surface area contributed by atoms with Gasteiger partial charge >= 0.3 is 6.16 Å². The first-order valence-corrected chi connectivity index (χ1v) is 7.80. The van der Waals surface area contributed by atoms with Crippen LogP contribution in [-0.2, 0) is 16.1 Å². The molecule has 1 aromatic rings. The summed E-state index contributed by atoms with van der Waals surface area (Å²) >= 11 is 3.39. The van der Waals surface area contributed by atoms with Gasteiger partial charge in [-0.25, -0.2) is 4.79 Å². The molecule has 1 aromatic carbocycles. The summed E-state index contributed by atoms with van der Waals surface area (Å²) < 4.78 is 11.6. The molecule has 0 aliphatic carbocycles. The first kappa shape index (κ1) is 13.9. The maximum atomic E-state index is 11.8. The van der Waals surface area contributed by atoms with Crippen molar-refractivity contribution in [2.75, 3.05) is 19.6 Å².